The molecule has 0 spiro atoms. The molecule has 2 N–H and O–H groups in total. The van der Waals surface area contributed by atoms with Gasteiger partial charge in [-0.15, -0.1) is 0 Å². The van der Waals surface area contributed by atoms with Crippen LogP contribution in [0.4, 0.5) is 5.69 Å². The maximum absolute atomic E-state index is 12.8. The summed E-state index contributed by atoms with van der Waals surface area (Å²) >= 11 is 0. The Morgan fingerprint density at radius 2 is 1.67 bits per heavy atom. The lowest BCUT2D eigenvalue weighted by molar-refractivity contribution is -0.122. The summed E-state index contributed by atoms with van der Waals surface area (Å²) in [5.41, 5.74) is 2.20. The van der Waals surface area contributed by atoms with E-state index in [9.17, 15) is 9.59 Å². The SMILES string of the molecule is CCCCNC(=O)c1ccccc1NC(=O)[C@@H](CC)Oc1ccc(C(C)(C)C)cc1. The minimum atomic E-state index is -0.651. The van der Waals surface area contributed by atoms with Crippen molar-refractivity contribution in [2.75, 3.05) is 11.9 Å². The summed E-state index contributed by atoms with van der Waals surface area (Å²) in [6.07, 6.45) is 1.78. The fourth-order valence-electron chi connectivity index (χ4n) is 3.00. The summed E-state index contributed by atoms with van der Waals surface area (Å²) in [4.78, 5) is 25.3. The lowest BCUT2D eigenvalue weighted by atomic mass is 9.87. The maximum atomic E-state index is 12.8. The highest BCUT2D eigenvalue weighted by atomic mass is 16.5. The molecule has 0 aliphatic carbocycles. The van der Waals surface area contributed by atoms with Gasteiger partial charge >= 0.3 is 0 Å². The number of nitrogens with one attached hydrogen (secondary N) is 2. The van der Waals surface area contributed by atoms with Crippen molar-refractivity contribution in [3.05, 3.63) is 59.7 Å². The normalized spacial score (nSPS) is 12.2. The molecule has 0 aliphatic heterocycles. The van der Waals surface area contributed by atoms with Crippen molar-refractivity contribution in [2.24, 2.45) is 0 Å². The maximum Gasteiger partial charge on any atom is 0.265 e. The van der Waals surface area contributed by atoms with Crippen LogP contribution in [0.1, 0.15) is 69.8 Å². The summed E-state index contributed by atoms with van der Waals surface area (Å²) in [5, 5.41) is 5.76. The van der Waals surface area contributed by atoms with Crippen molar-refractivity contribution in [3.63, 3.8) is 0 Å². The first kappa shape index (κ1) is 23.5. The molecule has 0 unspecified atom stereocenters. The molecule has 0 bridgehead atoms. The minimum absolute atomic E-state index is 0.0570. The molecular weight excluding hydrogens is 376 g/mol. The van der Waals surface area contributed by atoms with E-state index in [-0.39, 0.29) is 17.2 Å². The molecular formula is C25H34N2O3. The number of benzene rings is 2. The number of carbonyl (C=O) groups is 2. The number of carbonyl (C=O) groups excluding carboxylic acids is 2. The number of unbranched alkanes of at least 4 members (excludes halogenated alkanes) is 1. The molecule has 0 heterocycles. The third kappa shape index (κ3) is 6.61. The van der Waals surface area contributed by atoms with Crippen LogP contribution in [0.5, 0.6) is 5.75 Å². The average Bonchev–Trinajstić information content (AvgIpc) is 2.72. The number of para-hydroxylation sites is 1. The molecule has 5 nitrogen and oxygen atoms in total. The van der Waals surface area contributed by atoms with E-state index in [2.05, 4.69) is 38.3 Å². The predicted molar refractivity (Wildman–Crippen MR) is 122 cm³/mol. The lowest BCUT2D eigenvalue weighted by Gasteiger charge is -2.21. The van der Waals surface area contributed by atoms with Crippen molar-refractivity contribution in [1.29, 1.82) is 0 Å². The number of ether oxygens (including phenoxy) is 1. The van der Waals surface area contributed by atoms with Gasteiger partial charge in [-0.2, -0.15) is 0 Å². The fourth-order valence-corrected chi connectivity index (χ4v) is 3.00. The van der Waals surface area contributed by atoms with Crippen LogP contribution in [0.2, 0.25) is 0 Å². The van der Waals surface area contributed by atoms with Gasteiger partial charge in [-0.1, -0.05) is 65.3 Å². The molecule has 1 atom stereocenters. The Labute approximate surface area is 180 Å². The molecule has 2 aromatic rings. The van der Waals surface area contributed by atoms with E-state index in [1.807, 2.05) is 31.2 Å². The summed E-state index contributed by atoms with van der Waals surface area (Å²) < 4.78 is 5.93. The fraction of sp³-hybridized carbons (Fsp3) is 0.440. The summed E-state index contributed by atoms with van der Waals surface area (Å²) in [7, 11) is 0. The molecule has 0 radical (unpaired) electrons. The molecule has 0 saturated heterocycles. The van der Waals surface area contributed by atoms with E-state index >= 15 is 0 Å². The summed E-state index contributed by atoms with van der Waals surface area (Å²) in [5.74, 6) is 0.188. The van der Waals surface area contributed by atoms with Crippen LogP contribution in [-0.4, -0.2) is 24.5 Å². The number of hydrogen-bond donors (Lipinski definition) is 2. The van der Waals surface area contributed by atoms with Crippen LogP contribution in [0, 0.1) is 0 Å². The quantitative estimate of drug-likeness (QED) is 0.551. The van der Waals surface area contributed by atoms with E-state index in [1.54, 1.807) is 24.3 Å². The Bertz CT molecular complexity index is 838. The highest BCUT2D eigenvalue weighted by Gasteiger charge is 2.21. The first-order chi connectivity index (χ1) is 14.3. The van der Waals surface area contributed by atoms with Gasteiger partial charge in [0.25, 0.3) is 11.8 Å². The van der Waals surface area contributed by atoms with Gasteiger partial charge in [-0.3, -0.25) is 9.59 Å². The topological polar surface area (TPSA) is 67.4 Å². The third-order valence-electron chi connectivity index (χ3n) is 4.91. The summed E-state index contributed by atoms with van der Waals surface area (Å²) in [6, 6.07) is 14.9. The molecule has 2 rings (SSSR count). The molecule has 162 valence electrons. The van der Waals surface area contributed by atoms with E-state index in [1.165, 1.54) is 5.56 Å². The van der Waals surface area contributed by atoms with Crippen molar-refractivity contribution in [2.45, 2.75) is 65.4 Å². The molecule has 2 aromatic carbocycles. The zero-order valence-electron chi connectivity index (χ0n) is 18.7. The van der Waals surface area contributed by atoms with E-state index in [0.717, 1.165) is 12.8 Å². The monoisotopic (exact) mass is 410 g/mol. The number of amides is 2. The minimum Gasteiger partial charge on any atom is -0.481 e. The van der Waals surface area contributed by atoms with Gasteiger partial charge in [0.05, 0.1) is 11.3 Å². The Kier molecular flexibility index (Phi) is 8.46. The second-order valence-corrected chi connectivity index (χ2v) is 8.43. The van der Waals surface area contributed by atoms with E-state index < -0.39 is 6.10 Å². The lowest BCUT2D eigenvalue weighted by Crippen LogP contribution is -2.33. The number of hydrogen-bond acceptors (Lipinski definition) is 3. The van der Waals surface area contributed by atoms with Crippen molar-refractivity contribution >= 4 is 17.5 Å². The molecule has 0 aromatic heterocycles. The van der Waals surface area contributed by atoms with Crippen molar-refractivity contribution in [3.8, 4) is 5.75 Å². The number of anilines is 1. The number of rotatable bonds is 9. The molecule has 0 saturated carbocycles. The van der Waals surface area contributed by atoms with Crippen LogP contribution >= 0.6 is 0 Å². The first-order valence-electron chi connectivity index (χ1n) is 10.7. The first-order valence-corrected chi connectivity index (χ1v) is 10.7. The highest BCUT2D eigenvalue weighted by Crippen LogP contribution is 2.25. The Balaban J connectivity index is 2.07. The Hall–Kier alpha value is -2.82. The zero-order chi connectivity index (χ0) is 22.1. The van der Waals surface area contributed by atoms with E-state index in [0.29, 0.717) is 30.0 Å². The molecule has 2 amide bonds. The van der Waals surface area contributed by atoms with Gasteiger partial charge in [0.1, 0.15) is 5.75 Å². The van der Waals surface area contributed by atoms with Gasteiger partial charge in [-0.05, 0) is 48.1 Å². The van der Waals surface area contributed by atoms with Gasteiger partial charge in [0, 0.05) is 6.54 Å². The van der Waals surface area contributed by atoms with E-state index in [4.69, 9.17) is 4.74 Å². The predicted octanol–water partition coefficient (Wildman–Crippen LogP) is 5.31. The largest absolute Gasteiger partial charge is 0.481 e. The van der Waals surface area contributed by atoms with Crippen molar-refractivity contribution in [1.82, 2.24) is 5.32 Å². The van der Waals surface area contributed by atoms with Gasteiger partial charge < -0.3 is 15.4 Å². The molecule has 5 heteroatoms. The van der Waals surface area contributed by atoms with Crippen LogP contribution in [0.3, 0.4) is 0 Å². The second kappa shape index (κ2) is 10.8. The van der Waals surface area contributed by atoms with Gasteiger partial charge in [0.15, 0.2) is 6.10 Å². The van der Waals surface area contributed by atoms with Crippen LogP contribution in [0.25, 0.3) is 0 Å². The second-order valence-electron chi connectivity index (χ2n) is 8.43. The van der Waals surface area contributed by atoms with Gasteiger partial charge in [0.2, 0.25) is 0 Å². The third-order valence-corrected chi connectivity index (χ3v) is 4.91. The van der Waals surface area contributed by atoms with Crippen LogP contribution in [0.15, 0.2) is 48.5 Å². The molecule has 0 aliphatic rings. The Morgan fingerprint density at radius 3 is 2.27 bits per heavy atom. The van der Waals surface area contributed by atoms with Crippen LogP contribution in [-0.2, 0) is 10.2 Å². The average molecular weight is 411 g/mol. The van der Waals surface area contributed by atoms with Crippen molar-refractivity contribution < 1.29 is 14.3 Å². The standard InChI is InChI=1S/C25H34N2O3/c1-6-8-17-26-23(28)20-11-9-10-12-21(20)27-24(29)22(7-2)30-19-15-13-18(14-16-19)25(3,4)5/h9-16,22H,6-8,17H2,1-5H3,(H,26,28)(H,27,29)/t22-/m1/s1. The molecule has 0 fully saturated rings. The van der Waals surface area contributed by atoms with Crippen LogP contribution < -0.4 is 15.4 Å². The smallest absolute Gasteiger partial charge is 0.265 e. The highest BCUT2D eigenvalue weighted by molar-refractivity contribution is 6.04. The summed E-state index contributed by atoms with van der Waals surface area (Å²) in [6.45, 7) is 11.0. The Morgan fingerprint density at radius 1 is 1.00 bits per heavy atom. The molecule has 30 heavy (non-hydrogen) atoms. The van der Waals surface area contributed by atoms with Gasteiger partial charge in [-0.25, -0.2) is 0 Å². The zero-order valence-corrected chi connectivity index (χ0v) is 18.7.